The van der Waals surface area contributed by atoms with Gasteiger partial charge in [0.2, 0.25) is 5.96 Å². The van der Waals surface area contributed by atoms with Gasteiger partial charge in [0, 0.05) is 18.6 Å². The summed E-state index contributed by atoms with van der Waals surface area (Å²) in [5.74, 6) is -0.308. The number of hydrogen-bond acceptors (Lipinski definition) is 5. The highest BCUT2D eigenvalue weighted by Gasteiger charge is 2.43. The van der Waals surface area contributed by atoms with Gasteiger partial charge in [-0.1, -0.05) is 90.0 Å². The molecule has 0 saturated carbocycles. The number of rotatable bonds is 6. The highest BCUT2D eigenvalue weighted by Crippen LogP contribution is 2.31. The first-order valence-corrected chi connectivity index (χ1v) is 13.9. The second-order valence-electron chi connectivity index (χ2n) is 9.73. The van der Waals surface area contributed by atoms with Crippen molar-refractivity contribution < 1.29 is 14.3 Å². The van der Waals surface area contributed by atoms with Crippen molar-refractivity contribution in [2.75, 3.05) is 7.05 Å². The van der Waals surface area contributed by atoms with Gasteiger partial charge in [0.25, 0.3) is 0 Å². The van der Waals surface area contributed by atoms with E-state index in [0.29, 0.717) is 12.1 Å². The third-order valence-electron chi connectivity index (χ3n) is 6.73. The maximum absolute atomic E-state index is 13.8. The van der Waals surface area contributed by atoms with Gasteiger partial charge in [-0.05, 0) is 43.0 Å². The minimum Gasteiger partial charge on any atom is -0.444 e. The number of likely N-dealkylation sites (N-methyl/N-ethyl adjacent to an activating group) is 1. The zero-order valence-corrected chi connectivity index (χ0v) is 23.5. The van der Waals surface area contributed by atoms with Crippen LogP contribution >= 0.6 is 11.3 Å². The van der Waals surface area contributed by atoms with Gasteiger partial charge < -0.3 is 9.64 Å². The Balaban J connectivity index is 1.58. The molecule has 2 amide bonds. The summed E-state index contributed by atoms with van der Waals surface area (Å²) in [7, 11) is 1.85. The number of benzene rings is 3. The number of nitrogens with zero attached hydrogens (tertiary/aromatic N) is 4. The highest BCUT2D eigenvalue weighted by molar-refractivity contribution is 7.11. The van der Waals surface area contributed by atoms with Crippen LogP contribution < -0.4 is 0 Å². The number of hydrogen-bond donors (Lipinski definition) is 0. The minimum atomic E-state index is -0.605. The van der Waals surface area contributed by atoms with Crippen LogP contribution in [0.25, 0.3) is 6.08 Å². The van der Waals surface area contributed by atoms with Crippen LogP contribution in [0.15, 0.2) is 101 Å². The van der Waals surface area contributed by atoms with Crippen LogP contribution in [0.5, 0.6) is 0 Å². The first-order valence-electron chi connectivity index (χ1n) is 13.0. The number of aliphatic imine (C=N–C) groups is 1. The topological polar surface area (TPSA) is 75.1 Å². The lowest BCUT2D eigenvalue weighted by molar-refractivity contribution is 0.0999. The summed E-state index contributed by atoms with van der Waals surface area (Å²) < 4.78 is 5.78. The molecule has 7 nitrogen and oxygen atoms in total. The molecule has 1 aromatic heterocycles. The summed E-state index contributed by atoms with van der Waals surface area (Å²) >= 11 is 1.21. The molecule has 4 aromatic rings. The monoisotopic (exact) mass is 550 g/mol. The molecule has 0 N–H and O–H groups in total. The van der Waals surface area contributed by atoms with Crippen molar-refractivity contribution >= 4 is 35.4 Å². The van der Waals surface area contributed by atoms with Gasteiger partial charge in [-0.25, -0.2) is 14.7 Å². The van der Waals surface area contributed by atoms with Crippen molar-refractivity contribution in [1.82, 2.24) is 14.8 Å². The fourth-order valence-corrected chi connectivity index (χ4v) is 5.03. The van der Waals surface area contributed by atoms with Crippen molar-refractivity contribution in [2.24, 2.45) is 4.99 Å². The molecule has 0 aliphatic carbocycles. The van der Waals surface area contributed by atoms with Crippen LogP contribution in [-0.2, 0) is 17.8 Å². The van der Waals surface area contributed by atoms with E-state index in [4.69, 9.17) is 4.74 Å². The van der Waals surface area contributed by atoms with E-state index in [2.05, 4.69) is 34.2 Å². The van der Waals surface area contributed by atoms with Gasteiger partial charge in [0.1, 0.15) is 6.61 Å². The Hall–Kier alpha value is -4.56. The van der Waals surface area contributed by atoms with Crippen molar-refractivity contribution in [3.05, 3.63) is 129 Å². The van der Waals surface area contributed by atoms with E-state index in [1.165, 1.54) is 21.8 Å². The molecule has 3 aromatic carbocycles. The summed E-state index contributed by atoms with van der Waals surface area (Å²) in [6.07, 6.45) is 3.52. The molecule has 8 heteroatoms. The lowest BCUT2D eigenvalue weighted by Gasteiger charge is -2.20. The lowest BCUT2D eigenvalue weighted by atomic mass is 10.0. The Kier molecular flexibility index (Phi) is 8.17. The maximum atomic E-state index is 13.8. The van der Waals surface area contributed by atoms with Crippen molar-refractivity contribution in [1.29, 1.82) is 0 Å². The number of thiazole rings is 1. The van der Waals surface area contributed by atoms with Gasteiger partial charge >= 0.3 is 12.0 Å². The molecule has 202 valence electrons. The molecule has 1 atom stereocenters. The Morgan fingerprint density at radius 2 is 1.62 bits per heavy atom. The maximum Gasteiger partial charge on any atom is 0.421 e. The number of guanidine groups is 1. The van der Waals surface area contributed by atoms with E-state index >= 15 is 0 Å². The molecule has 0 radical (unpaired) electrons. The number of carbonyl (C=O) groups excluding carboxylic acids is 2. The quantitative estimate of drug-likeness (QED) is 0.274. The summed E-state index contributed by atoms with van der Waals surface area (Å²) in [6, 6.07) is 25.6. The van der Waals surface area contributed by atoms with E-state index in [9.17, 15) is 9.59 Å². The van der Waals surface area contributed by atoms with E-state index in [1.807, 2.05) is 86.5 Å². The van der Waals surface area contributed by atoms with Gasteiger partial charge in [0.15, 0.2) is 5.01 Å². The SMILES string of the molecule is Cc1ccc(/C=C2/C(Cc3ccc(C)cc3)N(C)/C(=N/C(=O)c3nccs3)N2C(=O)OCc2ccccc2)cc1. The average Bonchev–Trinajstić information content (AvgIpc) is 3.59. The van der Waals surface area contributed by atoms with Crippen molar-refractivity contribution in [3.8, 4) is 0 Å². The molecule has 0 bridgehead atoms. The van der Waals surface area contributed by atoms with E-state index in [-0.39, 0.29) is 23.6 Å². The van der Waals surface area contributed by atoms with E-state index < -0.39 is 12.0 Å². The third kappa shape index (κ3) is 6.18. The molecular formula is C32H30N4O3S. The molecule has 1 aliphatic heterocycles. The molecule has 2 heterocycles. The summed E-state index contributed by atoms with van der Waals surface area (Å²) in [6.45, 7) is 4.17. The Labute approximate surface area is 238 Å². The molecule has 1 saturated heterocycles. The zero-order chi connectivity index (χ0) is 28.1. The minimum absolute atomic E-state index is 0.0913. The molecule has 40 heavy (non-hydrogen) atoms. The van der Waals surface area contributed by atoms with Crippen molar-refractivity contribution in [2.45, 2.75) is 32.9 Å². The number of aromatic nitrogens is 1. The first-order chi connectivity index (χ1) is 19.4. The molecular weight excluding hydrogens is 520 g/mol. The fraction of sp³-hybridized carbons (Fsp3) is 0.188. The lowest BCUT2D eigenvalue weighted by Crippen LogP contribution is -2.37. The Morgan fingerprint density at radius 3 is 2.27 bits per heavy atom. The predicted molar refractivity (Wildman–Crippen MR) is 158 cm³/mol. The summed E-state index contributed by atoms with van der Waals surface area (Å²) in [5.41, 5.74) is 5.87. The standard InChI is InChI=1S/C32H30N4O3S/c1-22-9-13-24(14-10-22)19-27-28(20-25-15-11-23(2)12-16-25)36(32(38)39-21-26-7-5-4-6-8-26)31(35(27)3)34-29(37)30-33-17-18-40-30/h4-18,20,27H,19,21H2,1-3H3/b28-20-,34-31-. The number of ether oxygens (including phenoxy) is 1. The van der Waals surface area contributed by atoms with Crippen LogP contribution in [0.4, 0.5) is 4.79 Å². The summed E-state index contributed by atoms with van der Waals surface area (Å²) in [4.78, 5) is 38.7. The zero-order valence-electron chi connectivity index (χ0n) is 22.7. The van der Waals surface area contributed by atoms with E-state index in [0.717, 1.165) is 22.3 Å². The van der Waals surface area contributed by atoms with E-state index in [1.54, 1.807) is 11.6 Å². The largest absolute Gasteiger partial charge is 0.444 e. The fourth-order valence-electron chi connectivity index (χ4n) is 4.51. The molecule has 1 aliphatic rings. The normalized spacial score (nSPS) is 17.0. The van der Waals surface area contributed by atoms with Crippen LogP contribution in [-0.4, -0.2) is 45.8 Å². The molecule has 0 spiro atoms. The Morgan fingerprint density at radius 1 is 0.950 bits per heavy atom. The molecule has 1 fully saturated rings. The second-order valence-corrected chi connectivity index (χ2v) is 10.6. The molecule has 1 unspecified atom stereocenters. The van der Waals surface area contributed by atoms with Gasteiger partial charge in [-0.3, -0.25) is 4.79 Å². The smallest absolute Gasteiger partial charge is 0.421 e. The number of aryl methyl sites for hydroxylation is 2. The third-order valence-corrected chi connectivity index (χ3v) is 7.49. The Bertz CT molecular complexity index is 1530. The van der Waals surface area contributed by atoms with Crippen LogP contribution in [0.1, 0.15) is 37.6 Å². The number of amides is 2. The number of carbonyl (C=O) groups is 2. The predicted octanol–water partition coefficient (Wildman–Crippen LogP) is 6.49. The average molecular weight is 551 g/mol. The van der Waals surface area contributed by atoms with Crippen LogP contribution in [0, 0.1) is 13.8 Å². The summed E-state index contributed by atoms with van der Waals surface area (Å²) in [5, 5.41) is 1.98. The second kappa shape index (κ2) is 12.1. The van der Waals surface area contributed by atoms with Gasteiger partial charge in [-0.2, -0.15) is 4.99 Å². The first kappa shape index (κ1) is 27.0. The van der Waals surface area contributed by atoms with Crippen LogP contribution in [0.2, 0.25) is 0 Å². The van der Waals surface area contributed by atoms with Crippen LogP contribution in [0.3, 0.4) is 0 Å². The van der Waals surface area contributed by atoms with Crippen molar-refractivity contribution in [3.63, 3.8) is 0 Å². The van der Waals surface area contributed by atoms with Gasteiger partial charge in [0.05, 0.1) is 11.7 Å². The molecule has 5 rings (SSSR count). The van der Waals surface area contributed by atoms with Gasteiger partial charge in [-0.15, -0.1) is 11.3 Å². The highest BCUT2D eigenvalue weighted by atomic mass is 32.1.